The van der Waals surface area contributed by atoms with Crippen molar-refractivity contribution in [1.82, 2.24) is 30.2 Å². The van der Waals surface area contributed by atoms with E-state index < -0.39 is 0 Å². The molecule has 4 heterocycles. The van der Waals surface area contributed by atoms with Gasteiger partial charge in [0.1, 0.15) is 17.7 Å². The van der Waals surface area contributed by atoms with Crippen molar-refractivity contribution in [2.75, 3.05) is 26.2 Å². The molecule has 160 valence electrons. The first-order chi connectivity index (χ1) is 15.1. The summed E-state index contributed by atoms with van der Waals surface area (Å²) < 4.78 is 14.0. The molecular formula is C23H26FN7. The molecule has 0 spiro atoms. The zero-order chi connectivity index (χ0) is 21.4. The van der Waals surface area contributed by atoms with E-state index in [4.69, 9.17) is 4.99 Å². The lowest BCUT2D eigenvalue weighted by atomic mass is 9.98. The molecule has 1 unspecified atom stereocenters. The molecule has 3 aliphatic rings. The molecule has 8 heteroatoms. The van der Waals surface area contributed by atoms with Gasteiger partial charge in [0.25, 0.3) is 0 Å². The first-order valence-electron chi connectivity index (χ1n) is 10.7. The number of aromatic nitrogens is 2. The highest BCUT2D eigenvalue weighted by Gasteiger charge is 2.40. The number of nitrogens with zero attached hydrogens (tertiary/aromatic N) is 7. The molecule has 3 aliphatic heterocycles. The minimum atomic E-state index is -0.273. The molecule has 1 aromatic heterocycles. The molecule has 0 N–H and O–H groups in total. The maximum atomic E-state index is 14.0. The van der Waals surface area contributed by atoms with Gasteiger partial charge in [-0.25, -0.2) is 19.5 Å². The van der Waals surface area contributed by atoms with Gasteiger partial charge in [0.2, 0.25) is 0 Å². The van der Waals surface area contributed by atoms with Crippen LogP contribution in [0.15, 0.2) is 71.9 Å². The molecule has 2 aromatic rings. The molecule has 0 radical (unpaired) electrons. The number of fused-ring (bicyclic) bond motifs is 1. The number of halogens is 1. The van der Waals surface area contributed by atoms with Gasteiger partial charge in [-0.1, -0.05) is 12.1 Å². The van der Waals surface area contributed by atoms with E-state index in [9.17, 15) is 4.39 Å². The van der Waals surface area contributed by atoms with E-state index in [2.05, 4.69) is 50.3 Å². The number of hydrogen-bond donors (Lipinski definition) is 0. The summed E-state index contributed by atoms with van der Waals surface area (Å²) in [5.41, 5.74) is 2.53. The molecule has 1 atom stereocenters. The van der Waals surface area contributed by atoms with Crippen LogP contribution in [0, 0.1) is 5.82 Å². The third-order valence-electron chi connectivity index (χ3n) is 6.01. The summed E-state index contributed by atoms with van der Waals surface area (Å²) in [5, 5.41) is 14.7. The van der Waals surface area contributed by atoms with Crippen LogP contribution in [0.25, 0.3) is 0 Å². The zero-order valence-electron chi connectivity index (χ0n) is 17.8. The lowest BCUT2D eigenvalue weighted by Gasteiger charge is -2.48. The maximum absolute atomic E-state index is 14.0. The summed E-state index contributed by atoms with van der Waals surface area (Å²) in [4.78, 5) is 7.42. The normalized spacial score (nSPS) is 22.0. The molecule has 1 fully saturated rings. The standard InChI is InChI=1S/C23H26FN7/c1-17(2)28-11-13-29(14-12-28)30-10-4-7-21-27-22(18-5-3-6-20(24)15-18)23(31(21)30)19-8-9-25-26-16-19/h3-10,15-17,23H,11-14H2,1-2H3. The number of piperazine rings is 1. The Labute approximate surface area is 181 Å². The second kappa shape index (κ2) is 8.20. The van der Waals surface area contributed by atoms with Crippen molar-refractivity contribution >= 4 is 5.71 Å². The second-order valence-corrected chi connectivity index (χ2v) is 8.20. The van der Waals surface area contributed by atoms with Crippen LogP contribution >= 0.6 is 0 Å². The molecule has 1 aromatic carbocycles. The van der Waals surface area contributed by atoms with E-state index in [-0.39, 0.29) is 11.9 Å². The Morgan fingerprint density at radius 1 is 1.06 bits per heavy atom. The predicted octanol–water partition coefficient (Wildman–Crippen LogP) is 2.99. The van der Waals surface area contributed by atoms with Crippen LogP contribution < -0.4 is 0 Å². The van der Waals surface area contributed by atoms with Crippen molar-refractivity contribution in [1.29, 1.82) is 0 Å². The molecular weight excluding hydrogens is 393 g/mol. The Kier molecular flexibility index (Phi) is 5.25. The molecule has 0 saturated carbocycles. The zero-order valence-corrected chi connectivity index (χ0v) is 17.8. The van der Waals surface area contributed by atoms with E-state index in [0.29, 0.717) is 6.04 Å². The van der Waals surface area contributed by atoms with Crippen LogP contribution in [0.2, 0.25) is 0 Å². The van der Waals surface area contributed by atoms with Gasteiger partial charge in [-0.05, 0) is 44.2 Å². The highest BCUT2D eigenvalue weighted by atomic mass is 19.1. The number of hydrazine groups is 2. The van der Waals surface area contributed by atoms with Gasteiger partial charge in [-0.15, -0.1) is 0 Å². The quantitative estimate of drug-likeness (QED) is 0.760. The Morgan fingerprint density at radius 2 is 1.90 bits per heavy atom. The summed E-state index contributed by atoms with van der Waals surface area (Å²) >= 11 is 0. The largest absolute Gasteiger partial charge is 0.298 e. The monoisotopic (exact) mass is 419 g/mol. The Morgan fingerprint density at radius 3 is 2.61 bits per heavy atom. The summed E-state index contributed by atoms with van der Waals surface area (Å²) in [6.07, 6.45) is 9.52. The minimum Gasteiger partial charge on any atom is -0.298 e. The van der Waals surface area contributed by atoms with Gasteiger partial charge in [0.15, 0.2) is 0 Å². The Balaban J connectivity index is 1.51. The third-order valence-corrected chi connectivity index (χ3v) is 6.01. The van der Waals surface area contributed by atoms with Crippen LogP contribution in [0.4, 0.5) is 4.39 Å². The Hall–Kier alpha value is -3.10. The third kappa shape index (κ3) is 3.73. The SMILES string of the molecule is CC(C)N1CCN(N2C=CC=C3N=C(c4cccc(F)c4)C(c4ccnnc4)N32)CC1. The van der Waals surface area contributed by atoms with Crippen molar-refractivity contribution in [3.05, 3.63) is 83.8 Å². The summed E-state index contributed by atoms with van der Waals surface area (Å²) in [6, 6.07) is 8.89. The number of rotatable bonds is 4. The van der Waals surface area contributed by atoms with Crippen LogP contribution in [0.5, 0.6) is 0 Å². The minimum absolute atomic E-state index is 0.225. The first kappa shape index (κ1) is 19.8. The van der Waals surface area contributed by atoms with Crippen molar-refractivity contribution in [3.8, 4) is 0 Å². The van der Waals surface area contributed by atoms with E-state index >= 15 is 0 Å². The lowest BCUT2D eigenvalue weighted by molar-refractivity contribution is -0.153. The molecule has 31 heavy (non-hydrogen) atoms. The smallest absolute Gasteiger partial charge is 0.149 e. The fourth-order valence-corrected chi connectivity index (χ4v) is 4.39. The molecule has 1 saturated heterocycles. The fourth-order valence-electron chi connectivity index (χ4n) is 4.39. The summed E-state index contributed by atoms with van der Waals surface area (Å²) in [5.74, 6) is 0.556. The second-order valence-electron chi connectivity index (χ2n) is 8.20. The van der Waals surface area contributed by atoms with Crippen LogP contribution in [-0.2, 0) is 0 Å². The lowest BCUT2D eigenvalue weighted by Crippen LogP contribution is -2.58. The van der Waals surface area contributed by atoms with Crippen molar-refractivity contribution in [3.63, 3.8) is 0 Å². The van der Waals surface area contributed by atoms with Crippen LogP contribution in [0.1, 0.15) is 31.0 Å². The van der Waals surface area contributed by atoms with Gasteiger partial charge in [-0.2, -0.15) is 15.2 Å². The van der Waals surface area contributed by atoms with E-state index in [0.717, 1.165) is 48.8 Å². The number of allylic oxidation sites excluding steroid dienone is 2. The van der Waals surface area contributed by atoms with Crippen molar-refractivity contribution in [2.24, 2.45) is 4.99 Å². The van der Waals surface area contributed by atoms with E-state index in [1.54, 1.807) is 24.5 Å². The van der Waals surface area contributed by atoms with Gasteiger partial charge in [0.05, 0.1) is 11.9 Å². The topological polar surface area (TPSA) is 51.1 Å². The molecule has 0 aliphatic carbocycles. The van der Waals surface area contributed by atoms with Crippen molar-refractivity contribution in [2.45, 2.75) is 25.9 Å². The van der Waals surface area contributed by atoms with Gasteiger partial charge < -0.3 is 0 Å². The highest BCUT2D eigenvalue weighted by Crippen LogP contribution is 2.39. The van der Waals surface area contributed by atoms with Gasteiger partial charge in [0, 0.05) is 55.7 Å². The first-order valence-corrected chi connectivity index (χ1v) is 10.7. The van der Waals surface area contributed by atoms with E-state index in [1.807, 2.05) is 24.3 Å². The van der Waals surface area contributed by atoms with Crippen molar-refractivity contribution < 1.29 is 4.39 Å². The molecule has 0 amide bonds. The van der Waals surface area contributed by atoms with Crippen LogP contribution in [0.3, 0.4) is 0 Å². The molecule has 5 rings (SSSR count). The van der Waals surface area contributed by atoms with Crippen LogP contribution in [-0.4, -0.2) is 68.2 Å². The average Bonchev–Trinajstić information content (AvgIpc) is 3.19. The number of benzene rings is 1. The Bertz CT molecular complexity index is 1030. The predicted molar refractivity (Wildman–Crippen MR) is 117 cm³/mol. The van der Waals surface area contributed by atoms with Gasteiger partial charge >= 0.3 is 0 Å². The molecule has 7 nitrogen and oxygen atoms in total. The molecule has 0 bridgehead atoms. The summed E-state index contributed by atoms with van der Waals surface area (Å²) in [6.45, 7) is 8.33. The highest BCUT2D eigenvalue weighted by molar-refractivity contribution is 6.06. The number of hydrogen-bond acceptors (Lipinski definition) is 7. The van der Waals surface area contributed by atoms with Gasteiger partial charge in [-0.3, -0.25) is 4.90 Å². The fraction of sp³-hybridized carbons (Fsp3) is 0.348. The van der Waals surface area contributed by atoms with E-state index in [1.165, 1.54) is 6.07 Å². The maximum Gasteiger partial charge on any atom is 0.149 e. The number of aliphatic imine (C=N–C) groups is 1. The summed E-state index contributed by atoms with van der Waals surface area (Å²) in [7, 11) is 0. The average molecular weight is 420 g/mol.